The molecule has 2 rings (SSSR count). The first-order valence-corrected chi connectivity index (χ1v) is 8.19. The molecule has 1 saturated heterocycles. The number of sulfonamides is 1. The summed E-state index contributed by atoms with van der Waals surface area (Å²) in [5.74, 6) is 0.759. The molecule has 2 unspecified atom stereocenters. The fraction of sp³-hybridized carbons (Fsp3) is 0.750. The van der Waals surface area contributed by atoms with Gasteiger partial charge in [-0.15, -0.1) is 0 Å². The van der Waals surface area contributed by atoms with E-state index in [1.54, 1.807) is 0 Å². The molecule has 108 valence electrons. The van der Waals surface area contributed by atoms with E-state index < -0.39 is 10.0 Å². The molecule has 0 amide bonds. The third-order valence-corrected chi connectivity index (χ3v) is 4.10. The molecule has 1 aliphatic heterocycles. The average Bonchev–Trinajstić information content (AvgIpc) is 2.87. The number of hydrogen-bond acceptors (Lipinski definition) is 4. The van der Waals surface area contributed by atoms with E-state index in [0.29, 0.717) is 6.54 Å². The largest absolute Gasteiger partial charge is 0.373 e. The Hall–Kier alpha value is -0.920. The fourth-order valence-corrected chi connectivity index (χ4v) is 2.89. The van der Waals surface area contributed by atoms with Crippen molar-refractivity contribution in [1.82, 2.24) is 9.55 Å². The van der Waals surface area contributed by atoms with E-state index in [0.717, 1.165) is 31.5 Å². The summed E-state index contributed by atoms with van der Waals surface area (Å²) in [4.78, 5) is 4.13. The maximum atomic E-state index is 11.4. The predicted molar refractivity (Wildman–Crippen MR) is 71.2 cm³/mol. The van der Waals surface area contributed by atoms with Gasteiger partial charge in [-0.3, -0.25) is 0 Å². The molecule has 0 saturated carbocycles. The number of aryl methyl sites for hydroxylation is 1. The van der Waals surface area contributed by atoms with Crippen LogP contribution in [-0.2, 0) is 27.7 Å². The maximum Gasteiger partial charge on any atom is 0.257 e. The van der Waals surface area contributed by atoms with Crippen molar-refractivity contribution < 1.29 is 13.2 Å². The number of nitrogens with two attached hydrogens (primary N) is 1. The van der Waals surface area contributed by atoms with Gasteiger partial charge in [-0.1, -0.05) is 6.92 Å². The summed E-state index contributed by atoms with van der Waals surface area (Å²) in [6.07, 6.45) is 5.61. The molecule has 0 bridgehead atoms. The van der Waals surface area contributed by atoms with Gasteiger partial charge in [0.2, 0.25) is 0 Å². The van der Waals surface area contributed by atoms with Crippen LogP contribution in [0.3, 0.4) is 0 Å². The summed E-state index contributed by atoms with van der Waals surface area (Å²) in [5.41, 5.74) is 0. The molecule has 1 aromatic rings. The summed E-state index contributed by atoms with van der Waals surface area (Å²) >= 11 is 0. The monoisotopic (exact) mass is 287 g/mol. The first kappa shape index (κ1) is 14.5. The van der Waals surface area contributed by atoms with Crippen molar-refractivity contribution in [3.63, 3.8) is 0 Å². The molecule has 2 N–H and O–H groups in total. The van der Waals surface area contributed by atoms with Crippen molar-refractivity contribution in [2.75, 3.05) is 0 Å². The lowest BCUT2D eigenvalue weighted by atomic mass is 10.2. The quantitative estimate of drug-likeness (QED) is 0.877. The summed E-state index contributed by atoms with van der Waals surface area (Å²) in [6, 6.07) is 0. The topological polar surface area (TPSA) is 87.2 Å². The summed E-state index contributed by atoms with van der Waals surface area (Å²) in [5, 5.41) is 5.08. The van der Waals surface area contributed by atoms with Crippen LogP contribution in [0, 0.1) is 0 Å². The number of nitrogens with zero attached hydrogens (tertiary/aromatic N) is 2. The van der Waals surface area contributed by atoms with Crippen LogP contribution in [0.15, 0.2) is 11.2 Å². The molecule has 0 spiro atoms. The van der Waals surface area contributed by atoms with Gasteiger partial charge in [0, 0.05) is 12.6 Å². The van der Waals surface area contributed by atoms with Crippen molar-refractivity contribution in [3.05, 3.63) is 12.0 Å². The molecular formula is C12H21N3O3S. The Bertz CT molecular complexity index is 538. The Morgan fingerprint density at radius 1 is 1.53 bits per heavy atom. The van der Waals surface area contributed by atoms with Gasteiger partial charge >= 0.3 is 0 Å². The highest BCUT2D eigenvalue weighted by Crippen LogP contribution is 2.22. The zero-order valence-electron chi connectivity index (χ0n) is 11.4. The van der Waals surface area contributed by atoms with Gasteiger partial charge in [-0.2, -0.15) is 0 Å². The molecule has 19 heavy (non-hydrogen) atoms. The molecule has 2 atom stereocenters. The van der Waals surface area contributed by atoms with Crippen molar-refractivity contribution in [1.29, 1.82) is 0 Å². The van der Waals surface area contributed by atoms with Crippen LogP contribution in [0.5, 0.6) is 0 Å². The minimum atomic E-state index is -3.74. The Morgan fingerprint density at radius 2 is 2.26 bits per heavy atom. The van der Waals surface area contributed by atoms with E-state index in [1.807, 2.05) is 11.5 Å². The second-order valence-corrected chi connectivity index (χ2v) is 6.60. The first-order chi connectivity index (χ1) is 8.90. The number of primary sulfonamides is 1. The number of ether oxygens (including phenoxy) is 1. The van der Waals surface area contributed by atoms with Crippen LogP contribution < -0.4 is 5.14 Å². The smallest absolute Gasteiger partial charge is 0.257 e. The number of aromatic nitrogens is 2. The molecule has 0 aromatic carbocycles. The zero-order chi connectivity index (χ0) is 14.0. The van der Waals surface area contributed by atoms with E-state index in [-0.39, 0.29) is 17.2 Å². The Labute approximate surface area is 114 Å². The third kappa shape index (κ3) is 3.55. The standard InChI is InChI=1S/C12H21N3O3S/c1-3-4-11-14-12(19(13,16)17)8-15(11)7-10-6-5-9(2)18-10/h8-10H,3-7H2,1-2H3,(H2,13,16,17). The van der Waals surface area contributed by atoms with E-state index in [2.05, 4.69) is 11.9 Å². The Kier molecular flexibility index (Phi) is 4.27. The second kappa shape index (κ2) is 5.60. The molecule has 1 fully saturated rings. The van der Waals surface area contributed by atoms with Gasteiger partial charge in [0.25, 0.3) is 10.0 Å². The van der Waals surface area contributed by atoms with Gasteiger partial charge in [-0.25, -0.2) is 18.5 Å². The lowest BCUT2D eigenvalue weighted by molar-refractivity contribution is 0.0452. The zero-order valence-corrected chi connectivity index (χ0v) is 12.2. The molecule has 0 radical (unpaired) electrons. The molecule has 1 aromatic heterocycles. The van der Waals surface area contributed by atoms with E-state index in [9.17, 15) is 8.42 Å². The number of hydrogen-bond donors (Lipinski definition) is 1. The molecule has 7 heteroatoms. The summed E-state index contributed by atoms with van der Waals surface area (Å²) in [6.45, 7) is 4.72. The summed E-state index contributed by atoms with van der Waals surface area (Å²) in [7, 11) is -3.74. The van der Waals surface area contributed by atoms with E-state index >= 15 is 0 Å². The SMILES string of the molecule is CCCc1nc(S(N)(=O)=O)cn1CC1CCC(C)O1. The van der Waals surface area contributed by atoms with Crippen LogP contribution >= 0.6 is 0 Å². The van der Waals surface area contributed by atoms with E-state index in [4.69, 9.17) is 9.88 Å². The van der Waals surface area contributed by atoms with Gasteiger partial charge in [0.1, 0.15) is 5.82 Å². The highest BCUT2D eigenvalue weighted by atomic mass is 32.2. The second-order valence-electron chi connectivity index (χ2n) is 5.09. The van der Waals surface area contributed by atoms with Gasteiger partial charge < -0.3 is 9.30 Å². The first-order valence-electron chi connectivity index (χ1n) is 6.64. The van der Waals surface area contributed by atoms with Crippen LogP contribution in [0.4, 0.5) is 0 Å². The molecule has 6 nitrogen and oxygen atoms in total. The normalized spacial score (nSPS) is 23.9. The Balaban J connectivity index is 2.20. The predicted octanol–water partition coefficient (Wildman–Crippen LogP) is 1.05. The van der Waals surface area contributed by atoms with Crippen molar-refractivity contribution >= 4 is 10.0 Å². The Morgan fingerprint density at radius 3 is 2.79 bits per heavy atom. The van der Waals surface area contributed by atoms with Gasteiger partial charge in [0.15, 0.2) is 5.03 Å². The van der Waals surface area contributed by atoms with Crippen molar-refractivity contribution in [3.8, 4) is 0 Å². The van der Waals surface area contributed by atoms with E-state index in [1.165, 1.54) is 6.20 Å². The highest BCUT2D eigenvalue weighted by molar-refractivity contribution is 7.89. The van der Waals surface area contributed by atoms with Crippen LogP contribution in [-0.4, -0.2) is 30.2 Å². The van der Waals surface area contributed by atoms with Crippen LogP contribution in [0.2, 0.25) is 0 Å². The lowest BCUT2D eigenvalue weighted by Gasteiger charge is -2.13. The third-order valence-electron chi connectivity index (χ3n) is 3.32. The fourth-order valence-electron chi connectivity index (χ4n) is 2.39. The molecule has 0 aliphatic carbocycles. The highest BCUT2D eigenvalue weighted by Gasteiger charge is 2.24. The van der Waals surface area contributed by atoms with Crippen LogP contribution in [0.25, 0.3) is 0 Å². The summed E-state index contributed by atoms with van der Waals surface area (Å²) < 4.78 is 30.4. The maximum absolute atomic E-state index is 11.4. The van der Waals surface area contributed by atoms with Gasteiger partial charge in [0.05, 0.1) is 18.8 Å². The number of imidazole rings is 1. The molecule has 2 heterocycles. The molecular weight excluding hydrogens is 266 g/mol. The van der Waals surface area contributed by atoms with Crippen molar-refractivity contribution in [2.24, 2.45) is 5.14 Å². The molecule has 1 aliphatic rings. The lowest BCUT2D eigenvalue weighted by Crippen LogP contribution is -2.17. The average molecular weight is 287 g/mol. The van der Waals surface area contributed by atoms with Gasteiger partial charge in [-0.05, 0) is 26.2 Å². The van der Waals surface area contributed by atoms with Crippen molar-refractivity contribution in [2.45, 2.75) is 63.3 Å². The number of rotatable bonds is 5. The van der Waals surface area contributed by atoms with Crippen LogP contribution in [0.1, 0.15) is 38.9 Å². The minimum absolute atomic E-state index is 0.0537. The minimum Gasteiger partial charge on any atom is -0.373 e.